The zero-order chi connectivity index (χ0) is 9.78. The fourth-order valence-electron chi connectivity index (χ4n) is 0.834. The van der Waals surface area contributed by atoms with Crippen LogP contribution in [0.1, 0.15) is 32.6 Å². The molecule has 0 radical (unpaired) electrons. The lowest BCUT2D eigenvalue weighted by molar-refractivity contribution is 0.705. The number of pyridine rings is 1. The summed E-state index contributed by atoms with van der Waals surface area (Å²) in [5.41, 5.74) is 0. The molecule has 1 heterocycles. The minimum absolute atomic E-state index is 0.833. The van der Waals surface area contributed by atoms with E-state index in [1.54, 1.807) is 12.4 Å². The summed E-state index contributed by atoms with van der Waals surface area (Å²) in [7, 11) is 0. The van der Waals surface area contributed by atoms with Crippen molar-refractivity contribution in [3.8, 4) is 0 Å². The molecule has 1 nitrogen and oxygen atoms in total. The Labute approximate surface area is 86.1 Å². The number of halogens is 1. The summed E-state index contributed by atoms with van der Waals surface area (Å²) in [4.78, 5) is 3.78. The van der Waals surface area contributed by atoms with Crippen LogP contribution < -0.4 is 0 Å². The van der Waals surface area contributed by atoms with E-state index in [-0.39, 0.29) is 0 Å². The van der Waals surface area contributed by atoms with Crippen molar-refractivity contribution >= 4 is 11.6 Å². The van der Waals surface area contributed by atoms with Gasteiger partial charge in [0, 0.05) is 18.3 Å². The smallest absolute Gasteiger partial charge is 0.0267 e. The predicted octanol–water partition coefficient (Wildman–Crippen LogP) is 3.89. The first-order valence-electron chi connectivity index (χ1n) is 4.82. The molecule has 0 N–H and O–H groups in total. The molecule has 0 saturated carbocycles. The second-order valence-corrected chi connectivity index (χ2v) is 3.15. The van der Waals surface area contributed by atoms with E-state index in [0.717, 1.165) is 5.88 Å². The van der Waals surface area contributed by atoms with Gasteiger partial charge in [0.15, 0.2) is 0 Å². The van der Waals surface area contributed by atoms with Crippen LogP contribution in [0.3, 0.4) is 0 Å². The molecule has 1 rings (SSSR count). The fraction of sp³-hybridized carbons (Fsp3) is 0.545. The first-order chi connectivity index (χ1) is 6.41. The second-order valence-electron chi connectivity index (χ2n) is 2.77. The van der Waals surface area contributed by atoms with Gasteiger partial charge in [0.25, 0.3) is 0 Å². The maximum atomic E-state index is 5.44. The Hall–Kier alpha value is -0.560. The summed E-state index contributed by atoms with van der Waals surface area (Å²) < 4.78 is 0. The normalized spacial score (nSPS) is 8.77. The summed E-state index contributed by atoms with van der Waals surface area (Å²) in [5, 5.41) is 0. The molecule has 0 aliphatic rings. The van der Waals surface area contributed by atoms with Crippen LogP contribution in [0, 0.1) is 0 Å². The topological polar surface area (TPSA) is 12.9 Å². The summed E-state index contributed by atoms with van der Waals surface area (Å²) in [5.74, 6) is 0.833. The van der Waals surface area contributed by atoms with Crippen LogP contribution in [0.2, 0.25) is 0 Å². The number of unbranched alkanes of at least 4 members (excludes halogenated alkanes) is 3. The molecule has 2 heteroatoms. The largest absolute Gasteiger partial charge is 0.265 e. The molecule has 0 unspecified atom stereocenters. The predicted molar refractivity (Wildman–Crippen MR) is 59.1 cm³/mol. The van der Waals surface area contributed by atoms with E-state index >= 15 is 0 Å². The van der Waals surface area contributed by atoms with E-state index in [4.69, 9.17) is 11.6 Å². The van der Waals surface area contributed by atoms with Crippen LogP contribution in [0.25, 0.3) is 0 Å². The second kappa shape index (κ2) is 11.4. The molecule has 0 saturated heterocycles. The van der Waals surface area contributed by atoms with Gasteiger partial charge in [-0.05, 0) is 18.6 Å². The highest BCUT2D eigenvalue weighted by atomic mass is 35.5. The van der Waals surface area contributed by atoms with E-state index in [1.165, 1.54) is 25.7 Å². The van der Waals surface area contributed by atoms with Crippen molar-refractivity contribution in [1.29, 1.82) is 0 Å². The van der Waals surface area contributed by atoms with Gasteiger partial charge in [-0.15, -0.1) is 11.6 Å². The monoisotopic (exact) mass is 199 g/mol. The Morgan fingerprint density at radius 3 is 2.00 bits per heavy atom. The lowest BCUT2D eigenvalue weighted by Crippen LogP contribution is -1.74. The van der Waals surface area contributed by atoms with Crippen LogP contribution in [-0.2, 0) is 0 Å². The molecule has 1 aromatic rings. The maximum Gasteiger partial charge on any atom is 0.0267 e. The van der Waals surface area contributed by atoms with E-state index in [2.05, 4.69) is 11.9 Å². The van der Waals surface area contributed by atoms with Gasteiger partial charge in [0.05, 0.1) is 0 Å². The summed E-state index contributed by atoms with van der Waals surface area (Å²) in [6, 6.07) is 5.72. The van der Waals surface area contributed by atoms with Crippen LogP contribution in [0.4, 0.5) is 0 Å². The summed E-state index contributed by atoms with van der Waals surface area (Å²) in [6.07, 6.45) is 8.64. The quantitative estimate of drug-likeness (QED) is 0.530. The highest BCUT2D eigenvalue weighted by Crippen LogP contribution is 1.98. The van der Waals surface area contributed by atoms with Crippen molar-refractivity contribution in [2.45, 2.75) is 32.6 Å². The lowest BCUT2D eigenvalue weighted by atomic mass is 10.2. The third-order valence-corrected chi connectivity index (χ3v) is 1.82. The summed E-state index contributed by atoms with van der Waals surface area (Å²) >= 11 is 5.44. The lowest BCUT2D eigenvalue weighted by Gasteiger charge is -1.89. The number of rotatable bonds is 4. The van der Waals surface area contributed by atoms with Crippen LogP contribution in [0.5, 0.6) is 0 Å². The zero-order valence-electron chi connectivity index (χ0n) is 8.25. The Balaban J connectivity index is 0.000000223. The summed E-state index contributed by atoms with van der Waals surface area (Å²) in [6.45, 7) is 2.20. The number of nitrogens with zero attached hydrogens (tertiary/aromatic N) is 1. The third-order valence-electron chi connectivity index (χ3n) is 1.55. The van der Waals surface area contributed by atoms with Crippen LogP contribution in [0.15, 0.2) is 30.6 Å². The van der Waals surface area contributed by atoms with Gasteiger partial charge in [0.1, 0.15) is 0 Å². The minimum Gasteiger partial charge on any atom is -0.265 e. The number of aromatic nitrogens is 1. The van der Waals surface area contributed by atoms with Crippen LogP contribution in [-0.4, -0.2) is 10.9 Å². The Bertz CT molecular complexity index is 134. The molecule has 1 aromatic heterocycles. The van der Waals surface area contributed by atoms with E-state index in [1.807, 2.05) is 18.2 Å². The van der Waals surface area contributed by atoms with Crippen molar-refractivity contribution in [2.24, 2.45) is 0 Å². The number of alkyl halides is 1. The minimum atomic E-state index is 0.833. The highest BCUT2D eigenvalue weighted by Gasteiger charge is 1.81. The maximum absolute atomic E-state index is 5.44. The standard InChI is InChI=1S/C6H13Cl.C5H5N/c1-2-3-4-5-6-7;1-2-4-6-5-3-1/h2-6H2,1H3;1-5H. The number of hydrogen-bond acceptors (Lipinski definition) is 1. The molecule has 13 heavy (non-hydrogen) atoms. The average molecular weight is 200 g/mol. The van der Waals surface area contributed by atoms with Crippen LogP contribution >= 0.6 is 11.6 Å². The van der Waals surface area contributed by atoms with Gasteiger partial charge in [-0.1, -0.05) is 32.3 Å². The molecule has 74 valence electrons. The molecule has 0 atom stereocenters. The van der Waals surface area contributed by atoms with Crippen molar-refractivity contribution in [3.63, 3.8) is 0 Å². The molecule has 0 aliphatic heterocycles. The molecule has 0 amide bonds. The van der Waals surface area contributed by atoms with Crippen molar-refractivity contribution in [2.75, 3.05) is 5.88 Å². The Morgan fingerprint density at radius 2 is 1.69 bits per heavy atom. The molecule has 0 bridgehead atoms. The van der Waals surface area contributed by atoms with Gasteiger partial charge >= 0.3 is 0 Å². The van der Waals surface area contributed by atoms with E-state index in [9.17, 15) is 0 Å². The van der Waals surface area contributed by atoms with Gasteiger partial charge in [-0.3, -0.25) is 4.98 Å². The molecule has 0 aliphatic carbocycles. The van der Waals surface area contributed by atoms with Crippen molar-refractivity contribution in [3.05, 3.63) is 30.6 Å². The zero-order valence-corrected chi connectivity index (χ0v) is 9.00. The third kappa shape index (κ3) is 11.4. The van der Waals surface area contributed by atoms with Gasteiger partial charge in [-0.25, -0.2) is 0 Å². The first kappa shape index (κ1) is 12.4. The average Bonchev–Trinajstić information content (AvgIpc) is 2.22. The molecule has 0 fully saturated rings. The highest BCUT2D eigenvalue weighted by molar-refractivity contribution is 6.17. The fourth-order valence-corrected chi connectivity index (χ4v) is 1.02. The first-order valence-corrected chi connectivity index (χ1v) is 5.36. The Morgan fingerprint density at radius 1 is 1.00 bits per heavy atom. The van der Waals surface area contributed by atoms with Crippen molar-refractivity contribution < 1.29 is 0 Å². The molecule has 0 spiro atoms. The molecule has 0 aromatic carbocycles. The molecular weight excluding hydrogens is 182 g/mol. The molecular formula is C11H18ClN. The van der Waals surface area contributed by atoms with Gasteiger partial charge < -0.3 is 0 Å². The van der Waals surface area contributed by atoms with Crippen molar-refractivity contribution in [1.82, 2.24) is 4.98 Å². The van der Waals surface area contributed by atoms with E-state index < -0.39 is 0 Å². The number of hydrogen-bond donors (Lipinski definition) is 0. The Kier molecular flexibility index (Phi) is 10.9. The van der Waals surface area contributed by atoms with E-state index in [0.29, 0.717) is 0 Å². The van der Waals surface area contributed by atoms with Gasteiger partial charge in [0.2, 0.25) is 0 Å². The SMILES string of the molecule is CCCCCCCl.c1ccncc1. The van der Waals surface area contributed by atoms with Gasteiger partial charge in [-0.2, -0.15) is 0 Å².